The van der Waals surface area contributed by atoms with Crippen LogP contribution in [0.15, 0.2) is 42.7 Å². The smallest absolute Gasteiger partial charge is 0.0529 e. The predicted octanol–water partition coefficient (Wildman–Crippen LogP) is 5.08. The third-order valence-electron chi connectivity index (χ3n) is 5.29. The Balaban J connectivity index is 1.93. The Labute approximate surface area is 153 Å². The van der Waals surface area contributed by atoms with Crippen molar-refractivity contribution >= 4 is 34.3 Å². The second-order valence-electron chi connectivity index (χ2n) is 6.97. The van der Waals surface area contributed by atoms with Gasteiger partial charge in [-0.05, 0) is 67.9 Å². The number of allylic oxidation sites excluding steroid dienone is 1. The van der Waals surface area contributed by atoms with Gasteiger partial charge < -0.3 is 4.57 Å². The van der Waals surface area contributed by atoms with E-state index in [0.29, 0.717) is 6.04 Å². The van der Waals surface area contributed by atoms with E-state index in [2.05, 4.69) is 65.8 Å². The molecule has 128 valence electrons. The number of halogens is 1. The van der Waals surface area contributed by atoms with Crippen molar-refractivity contribution in [2.75, 3.05) is 7.05 Å². The first-order chi connectivity index (χ1) is 12.0. The lowest BCUT2D eigenvalue weighted by Crippen LogP contribution is -2.35. The summed E-state index contributed by atoms with van der Waals surface area (Å²) in [6.45, 7) is 5.40. The van der Waals surface area contributed by atoms with Gasteiger partial charge in [-0.2, -0.15) is 0 Å². The van der Waals surface area contributed by atoms with Crippen molar-refractivity contribution in [1.82, 2.24) is 14.5 Å². The Kier molecular flexibility index (Phi) is 4.14. The fourth-order valence-electron chi connectivity index (χ4n) is 3.68. The summed E-state index contributed by atoms with van der Waals surface area (Å²) < 4.78 is 2.36. The Hall–Kier alpha value is -2.10. The second kappa shape index (κ2) is 6.32. The summed E-state index contributed by atoms with van der Waals surface area (Å²) in [7, 11) is 2.19. The van der Waals surface area contributed by atoms with Crippen LogP contribution in [-0.2, 0) is 13.0 Å². The molecule has 1 aliphatic rings. The molecule has 4 heteroatoms. The minimum Gasteiger partial charge on any atom is -0.320 e. The molecule has 0 N–H and O–H groups in total. The van der Waals surface area contributed by atoms with Gasteiger partial charge in [0.25, 0.3) is 0 Å². The number of hydrogen-bond donors (Lipinski definition) is 0. The lowest BCUT2D eigenvalue weighted by molar-refractivity contribution is 0.230. The van der Waals surface area contributed by atoms with Crippen molar-refractivity contribution in [2.45, 2.75) is 32.9 Å². The summed E-state index contributed by atoms with van der Waals surface area (Å²) in [5.41, 5.74) is 6.45. The normalized spacial score (nSPS) is 18.6. The van der Waals surface area contributed by atoms with Gasteiger partial charge in [0.1, 0.15) is 0 Å². The lowest BCUT2D eigenvalue weighted by atomic mass is 10.00. The fourth-order valence-corrected chi connectivity index (χ4v) is 3.85. The summed E-state index contributed by atoms with van der Waals surface area (Å²) in [5.74, 6) is 0. The molecule has 1 aromatic carbocycles. The maximum atomic E-state index is 6.29. The highest BCUT2D eigenvalue weighted by Crippen LogP contribution is 2.35. The predicted molar refractivity (Wildman–Crippen MR) is 106 cm³/mol. The number of hydrogen-bond acceptors (Lipinski definition) is 2. The minimum absolute atomic E-state index is 0.528. The third-order valence-corrected chi connectivity index (χ3v) is 5.52. The molecule has 3 aromatic rings. The average Bonchev–Trinajstić information content (AvgIpc) is 2.89. The van der Waals surface area contributed by atoms with Crippen LogP contribution in [0.1, 0.15) is 30.7 Å². The van der Waals surface area contributed by atoms with Crippen LogP contribution in [-0.4, -0.2) is 27.5 Å². The maximum absolute atomic E-state index is 6.29. The molecule has 0 saturated heterocycles. The molecule has 2 aromatic heterocycles. The van der Waals surface area contributed by atoms with Gasteiger partial charge in [-0.15, -0.1) is 0 Å². The van der Waals surface area contributed by atoms with Gasteiger partial charge in [0.15, 0.2) is 0 Å². The van der Waals surface area contributed by atoms with Gasteiger partial charge in [-0.1, -0.05) is 11.6 Å². The highest BCUT2D eigenvalue weighted by atomic mass is 35.5. The van der Waals surface area contributed by atoms with Crippen LogP contribution in [0.25, 0.3) is 22.7 Å². The zero-order chi connectivity index (χ0) is 17.6. The lowest BCUT2D eigenvalue weighted by Gasteiger charge is -2.30. The molecule has 4 rings (SSSR count). The van der Waals surface area contributed by atoms with Gasteiger partial charge in [0.2, 0.25) is 0 Å². The van der Waals surface area contributed by atoms with Crippen LogP contribution < -0.4 is 0 Å². The maximum Gasteiger partial charge on any atom is 0.0529 e. The SMILES string of the molecule is C/C(=C\n1c2c(c3cc(Cl)ccc31)CN(C)[C@@H](C)C2)c1ccncc1. The summed E-state index contributed by atoms with van der Waals surface area (Å²) in [4.78, 5) is 6.53. The van der Waals surface area contributed by atoms with Crippen LogP contribution in [0.4, 0.5) is 0 Å². The summed E-state index contributed by atoms with van der Waals surface area (Å²) >= 11 is 6.29. The van der Waals surface area contributed by atoms with E-state index in [-0.39, 0.29) is 0 Å². The molecule has 0 radical (unpaired) electrons. The molecular formula is C21H22ClN3. The molecule has 0 fully saturated rings. The third kappa shape index (κ3) is 2.88. The molecule has 1 aliphatic heterocycles. The van der Waals surface area contributed by atoms with Crippen molar-refractivity contribution in [3.05, 3.63) is 64.6 Å². The largest absolute Gasteiger partial charge is 0.320 e. The topological polar surface area (TPSA) is 21.1 Å². The zero-order valence-electron chi connectivity index (χ0n) is 14.8. The van der Waals surface area contributed by atoms with Crippen LogP contribution in [0.5, 0.6) is 0 Å². The molecule has 0 spiro atoms. The Morgan fingerprint density at radius 2 is 2.00 bits per heavy atom. The molecule has 0 aliphatic carbocycles. The molecule has 0 amide bonds. The van der Waals surface area contributed by atoms with Gasteiger partial charge in [0.05, 0.1) is 5.52 Å². The van der Waals surface area contributed by atoms with Crippen molar-refractivity contribution in [3.8, 4) is 0 Å². The van der Waals surface area contributed by atoms with Crippen molar-refractivity contribution < 1.29 is 0 Å². The highest BCUT2D eigenvalue weighted by Gasteiger charge is 2.26. The fraction of sp³-hybridized carbons (Fsp3) is 0.286. The molecule has 0 saturated carbocycles. The highest BCUT2D eigenvalue weighted by molar-refractivity contribution is 6.31. The number of likely N-dealkylation sites (N-methyl/N-ethyl adjacent to an activating group) is 1. The van der Waals surface area contributed by atoms with Crippen LogP contribution in [0, 0.1) is 0 Å². The summed E-state index contributed by atoms with van der Waals surface area (Å²) in [6, 6.07) is 10.9. The molecule has 0 unspecified atom stereocenters. The summed E-state index contributed by atoms with van der Waals surface area (Å²) in [5, 5.41) is 2.06. The molecule has 25 heavy (non-hydrogen) atoms. The van der Waals surface area contributed by atoms with E-state index in [4.69, 9.17) is 11.6 Å². The number of pyridine rings is 1. The zero-order valence-corrected chi connectivity index (χ0v) is 15.6. The summed E-state index contributed by atoms with van der Waals surface area (Å²) in [6.07, 6.45) is 6.97. The monoisotopic (exact) mass is 351 g/mol. The number of benzene rings is 1. The van der Waals surface area contributed by atoms with Crippen LogP contribution in [0.3, 0.4) is 0 Å². The van der Waals surface area contributed by atoms with Gasteiger partial charge in [-0.25, -0.2) is 0 Å². The van der Waals surface area contributed by atoms with E-state index in [1.165, 1.54) is 33.3 Å². The molecule has 3 nitrogen and oxygen atoms in total. The number of rotatable bonds is 2. The van der Waals surface area contributed by atoms with E-state index in [1.807, 2.05) is 18.5 Å². The number of nitrogens with zero attached hydrogens (tertiary/aromatic N) is 3. The Morgan fingerprint density at radius 3 is 2.76 bits per heavy atom. The van der Waals surface area contributed by atoms with Crippen molar-refractivity contribution in [3.63, 3.8) is 0 Å². The first kappa shape index (κ1) is 16.4. The Morgan fingerprint density at radius 1 is 1.24 bits per heavy atom. The second-order valence-corrected chi connectivity index (χ2v) is 7.41. The van der Waals surface area contributed by atoms with E-state index in [9.17, 15) is 0 Å². The molecular weight excluding hydrogens is 330 g/mol. The van der Waals surface area contributed by atoms with Crippen molar-refractivity contribution in [1.29, 1.82) is 0 Å². The number of fused-ring (bicyclic) bond motifs is 3. The van der Waals surface area contributed by atoms with Gasteiger partial charge in [0, 0.05) is 53.7 Å². The molecule has 3 heterocycles. The van der Waals surface area contributed by atoms with Crippen LogP contribution >= 0.6 is 11.6 Å². The van der Waals surface area contributed by atoms with E-state index in [1.54, 1.807) is 0 Å². The van der Waals surface area contributed by atoms with Crippen molar-refractivity contribution in [2.24, 2.45) is 0 Å². The quantitative estimate of drug-likeness (QED) is 0.641. The molecule has 0 bridgehead atoms. The van der Waals surface area contributed by atoms with Crippen LogP contribution in [0.2, 0.25) is 5.02 Å². The minimum atomic E-state index is 0.528. The Bertz CT molecular complexity index is 956. The standard InChI is InChI=1S/C21H22ClN3/c1-14(16-6-8-23-9-7-16)12-25-20-5-4-17(22)11-18(20)19-13-24(3)15(2)10-21(19)25/h4-9,11-12,15H,10,13H2,1-3H3/b14-12+/t15-/m0/s1. The number of aromatic nitrogens is 2. The van der Waals surface area contributed by atoms with Gasteiger partial charge in [-0.3, -0.25) is 9.88 Å². The van der Waals surface area contributed by atoms with E-state index < -0.39 is 0 Å². The average molecular weight is 352 g/mol. The van der Waals surface area contributed by atoms with Gasteiger partial charge >= 0.3 is 0 Å². The first-order valence-electron chi connectivity index (χ1n) is 8.65. The molecule has 1 atom stereocenters. The van der Waals surface area contributed by atoms with E-state index in [0.717, 1.165) is 18.0 Å². The first-order valence-corrected chi connectivity index (χ1v) is 9.02. The van der Waals surface area contributed by atoms with E-state index >= 15 is 0 Å².